The number of benzene rings is 1. The van der Waals surface area contributed by atoms with E-state index in [0.29, 0.717) is 5.69 Å². The molecule has 2 amide bonds. The zero-order valence-electron chi connectivity index (χ0n) is 13.1. The molecule has 1 unspecified atom stereocenters. The third kappa shape index (κ3) is 4.52. The molecule has 6 nitrogen and oxygen atoms in total. The van der Waals surface area contributed by atoms with Crippen molar-refractivity contribution in [3.8, 4) is 0 Å². The summed E-state index contributed by atoms with van der Waals surface area (Å²) in [5.41, 5.74) is 6.19. The SMILES string of the molecule is Cc1ccc(C(=O)NCC(Cc2ccc(F)cc2)C(N)=O)c(=O)[nH]1. The summed E-state index contributed by atoms with van der Waals surface area (Å²) in [6, 6.07) is 8.72. The number of carbonyl (C=O) groups is 2. The Hall–Kier alpha value is -2.96. The van der Waals surface area contributed by atoms with Crippen LogP contribution in [0.2, 0.25) is 0 Å². The predicted octanol–water partition coefficient (Wildman–Crippen LogP) is 0.896. The summed E-state index contributed by atoms with van der Waals surface area (Å²) in [6.45, 7) is 1.69. The third-order valence-electron chi connectivity index (χ3n) is 3.61. The van der Waals surface area contributed by atoms with Crippen molar-refractivity contribution in [2.45, 2.75) is 13.3 Å². The van der Waals surface area contributed by atoms with Gasteiger partial charge in [-0.05, 0) is 43.2 Å². The van der Waals surface area contributed by atoms with Gasteiger partial charge in [-0.3, -0.25) is 14.4 Å². The summed E-state index contributed by atoms with van der Waals surface area (Å²) in [7, 11) is 0. The summed E-state index contributed by atoms with van der Waals surface area (Å²) in [6.07, 6.45) is 0.264. The monoisotopic (exact) mass is 331 g/mol. The zero-order valence-corrected chi connectivity index (χ0v) is 13.1. The van der Waals surface area contributed by atoms with Crippen LogP contribution < -0.4 is 16.6 Å². The van der Waals surface area contributed by atoms with Crippen LogP contribution in [0.1, 0.15) is 21.6 Å². The summed E-state index contributed by atoms with van der Waals surface area (Å²) in [5.74, 6) is -2.20. The van der Waals surface area contributed by atoms with Crippen molar-refractivity contribution in [1.29, 1.82) is 0 Å². The van der Waals surface area contributed by atoms with Gasteiger partial charge in [0.2, 0.25) is 5.91 Å². The van der Waals surface area contributed by atoms with Crippen LogP contribution in [0.3, 0.4) is 0 Å². The Kier molecular flexibility index (Phi) is 5.47. The minimum atomic E-state index is -0.663. The lowest BCUT2D eigenvalue weighted by atomic mass is 9.98. The highest BCUT2D eigenvalue weighted by molar-refractivity contribution is 5.94. The second kappa shape index (κ2) is 7.54. The first-order valence-corrected chi connectivity index (χ1v) is 7.38. The van der Waals surface area contributed by atoms with Crippen LogP contribution in [-0.4, -0.2) is 23.3 Å². The Bertz CT molecular complexity index is 799. The van der Waals surface area contributed by atoms with Crippen molar-refractivity contribution in [2.24, 2.45) is 11.7 Å². The van der Waals surface area contributed by atoms with E-state index in [4.69, 9.17) is 5.73 Å². The number of H-pyrrole nitrogens is 1. The molecule has 0 aliphatic rings. The number of rotatable bonds is 6. The molecule has 126 valence electrons. The molecule has 0 bridgehead atoms. The Morgan fingerprint density at radius 1 is 1.21 bits per heavy atom. The maximum Gasteiger partial charge on any atom is 0.260 e. The quantitative estimate of drug-likeness (QED) is 0.732. The number of carbonyl (C=O) groups excluding carboxylic acids is 2. The first-order valence-electron chi connectivity index (χ1n) is 7.38. The lowest BCUT2D eigenvalue weighted by Gasteiger charge is -2.14. The van der Waals surface area contributed by atoms with Gasteiger partial charge in [0, 0.05) is 12.2 Å². The van der Waals surface area contributed by atoms with Crippen LogP contribution in [-0.2, 0) is 11.2 Å². The first-order chi connectivity index (χ1) is 11.4. The van der Waals surface area contributed by atoms with E-state index in [1.807, 2.05) is 0 Å². The first kappa shape index (κ1) is 17.4. The normalized spacial score (nSPS) is 11.8. The van der Waals surface area contributed by atoms with Gasteiger partial charge < -0.3 is 16.0 Å². The van der Waals surface area contributed by atoms with E-state index in [0.717, 1.165) is 5.56 Å². The molecule has 0 aliphatic heterocycles. The maximum absolute atomic E-state index is 12.9. The molecule has 0 aliphatic carbocycles. The summed E-state index contributed by atoms with van der Waals surface area (Å²) in [5, 5.41) is 2.54. The van der Waals surface area contributed by atoms with Crippen molar-refractivity contribution in [2.75, 3.05) is 6.54 Å². The third-order valence-corrected chi connectivity index (χ3v) is 3.61. The molecule has 7 heteroatoms. The topological polar surface area (TPSA) is 105 Å². The van der Waals surface area contributed by atoms with E-state index in [1.165, 1.54) is 18.2 Å². The van der Waals surface area contributed by atoms with Gasteiger partial charge in [-0.2, -0.15) is 0 Å². The number of aromatic amines is 1. The van der Waals surface area contributed by atoms with E-state index < -0.39 is 23.3 Å². The molecule has 0 fully saturated rings. The lowest BCUT2D eigenvalue weighted by molar-refractivity contribution is -0.121. The van der Waals surface area contributed by atoms with Crippen LogP contribution in [0.15, 0.2) is 41.2 Å². The van der Waals surface area contributed by atoms with E-state index in [2.05, 4.69) is 10.3 Å². The molecule has 4 N–H and O–H groups in total. The Labute approximate surface area is 137 Å². The average molecular weight is 331 g/mol. The minimum absolute atomic E-state index is 0.0150. The Morgan fingerprint density at radius 2 is 1.88 bits per heavy atom. The number of aryl methyl sites for hydroxylation is 1. The summed E-state index contributed by atoms with van der Waals surface area (Å²) < 4.78 is 12.9. The fourth-order valence-electron chi connectivity index (χ4n) is 2.24. The van der Waals surface area contributed by atoms with Gasteiger partial charge in [0.15, 0.2) is 0 Å². The molecule has 24 heavy (non-hydrogen) atoms. The summed E-state index contributed by atoms with van der Waals surface area (Å²) >= 11 is 0. The second-order valence-electron chi connectivity index (χ2n) is 5.52. The van der Waals surface area contributed by atoms with Gasteiger partial charge in [0.05, 0.1) is 5.92 Å². The standard InChI is InChI=1S/C17H18FN3O3/c1-10-2-7-14(17(24)21-10)16(23)20-9-12(15(19)22)8-11-3-5-13(18)6-4-11/h2-7,12H,8-9H2,1H3,(H2,19,22)(H,20,23)(H,21,24). The van der Waals surface area contributed by atoms with Crippen LogP contribution in [0.25, 0.3) is 0 Å². The molecule has 0 saturated heterocycles. The maximum atomic E-state index is 12.9. The van der Waals surface area contributed by atoms with Crippen LogP contribution >= 0.6 is 0 Å². The van der Waals surface area contributed by atoms with Crippen molar-refractivity contribution in [3.05, 3.63) is 69.4 Å². The molecular formula is C17H18FN3O3. The van der Waals surface area contributed by atoms with Crippen molar-refractivity contribution >= 4 is 11.8 Å². The van der Waals surface area contributed by atoms with Crippen molar-refractivity contribution < 1.29 is 14.0 Å². The second-order valence-corrected chi connectivity index (χ2v) is 5.52. The number of hydrogen-bond acceptors (Lipinski definition) is 3. The molecule has 0 radical (unpaired) electrons. The predicted molar refractivity (Wildman–Crippen MR) is 86.9 cm³/mol. The number of nitrogens with two attached hydrogens (primary N) is 1. The van der Waals surface area contributed by atoms with E-state index in [1.54, 1.807) is 25.1 Å². The van der Waals surface area contributed by atoms with Crippen molar-refractivity contribution in [3.63, 3.8) is 0 Å². The van der Waals surface area contributed by atoms with Crippen LogP contribution in [0, 0.1) is 18.7 Å². The molecule has 2 rings (SSSR count). The van der Waals surface area contributed by atoms with E-state index in [9.17, 15) is 18.8 Å². The Morgan fingerprint density at radius 3 is 2.46 bits per heavy atom. The van der Waals surface area contributed by atoms with E-state index >= 15 is 0 Å². The molecule has 1 aromatic heterocycles. The molecule has 1 atom stereocenters. The van der Waals surface area contributed by atoms with Gasteiger partial charge in [0.1, 0.15) is 11.4 Å². The highest BCUT2D eigenvalue weighted by Crippen LogP contribution is 2.10. The largest absolute Gasteiger partial charge is 0.369 e. The molecule has 1 aromatic carbocycles. The van der Waals surface area contributed by atoms with Gasteiger partial charge in [-0.15, -0.1) is 0 Å². The van der Waals surface area contributed by atoms with Crippen LogP contribution in [0.4, 0.5) is 4.39 Å². The highest BCUT2D eigenvalue weighted by Gasteiger charge is 2.18. The van der Waals surface area contributed by atoms with Crippen molar-refractivity contribution in [1.82, 2.24) is 10.3 Å². The smallest absolute Gasteiger partial charge is 0.260 e. The highest BCUT2D eigenvalue weighted by atomic mass is 19.1. The molecule has 2 aromatic rings. The molecule has 1 heterocycles. The summed E-state index contributed by atoms with van der Waals surface area (Å²) in [4.78, 5) is 37.9. The number of aromatic nitrogens is 1. The fraction of sp³-hybridized carbons (Fsp3) is 0.235. The average Bonchev–Trinajstić information content (AvgIpc) is 2.52. The van der Waals surface area contributed by atoms with Gasteiger partial charge in [-0.25, -0.2) is 4.39 Å². The molecule has 0 saturated carbocycles. The fourth-order valence-corrected chi connectivity index (χ4v) is 2.24. The number of amides is 2. The number of primary amides is 1. The Balaban J connectivity index is 2.03. The molecule has 0 spiro atoms. The van der Waals surface area contributed by atoms with Crippen LogP contribution in [0.5, 0.6) is 0 Å². The number of nitrogens with one attached hydrogen (secondary N) is 2. The number of pyridine rings is 1. The lowest BCUT2D eigenvalue weighted by Crippen LogP contribution is -2.38. The number of hydrogen-bond donors (Lipinski definition) is 3. The van der Waals surface area contributed by atoms with Gasteiger partial charge in [-0.1, -0.05) is 12.1 Å². The zero-order chi connectivity index (χ0) is 17.7. The molecular weight excluding hydrogens is 313 g/mol. The van der Waals surface area contributed by atoms with E-state index in [-0.39, 0.29) is 24.3 Å². The number of halogens is 1. The minimum Gasteiger partial charge on any atom is -0.369 e. The van der Waals surface area contributed by atoms with Gasteiger partial charge >= 0.3 is 0 Å². The van der Waals surface area contributed by atoms with Gasteiger partial charge in [0.25, 0.3) is 11.5 Å².